The minimum atomic E-state index is 0.972. The number of aryl methyl sites for hydroxylation is 3. The SMILES string of the molecule is Cc1cc(-c2ccccc2)c2ccc3c(-c4ccccc4C)cc(C)nc3c2n1. The summed E-state index contributed by atoms with van der Waals surface area (Å²) in [6.45, 7) is 6.28. The fourth-order valence-electron chi connectivity index (χ4n) is 4.19. The van der Waals surface area contributed by atoms with Crippen LogP contribution < -0.4 is 0 Å². The molecule has 0 aliphatic rings. The molecule has 0 saturated heterocycles. The predicted molar refractivity (Wildman–Crippen MR) is 122 cm³/mol. The highest BCUT2D eigenvalue weighted by Gasteiger charge is 2.14. The van der Waals surface area contributed by atoms with Gasteiger partial charge in [-0.2, -0.15) is 0 Å². The number of fused-ring (bicyclic) bond motifs is 3. The van der Waals surface area contributed by atoms with Crippen LogP contribution in [-0.2, 0) is 0 Å². The van der Waals surface area contributed by atoms with Crippen LogP contribution >= 0.6 is 0 Å². The maximum atomic E-state index is 4.93. The van der Waals surface area contributed by atoms with Crippen molar-refractivity contribution in [3.05, 3.63) is 95.8 Å². The molecule has 0 spiro atoms. The zero-order chi connectivity index (χ0) is 20.0. The van der Waals surface area contributed by atoms with E-state index in [4.69, 9.17) is 9.97 Å². The topological polar surface area (TPSA) is 25.8 Å². The summed E-state index contributed by atoms with van der Waals surface area (Å²) in [6, 6.07) is 27.8. The second-order valence-electron chi connectivity index (χ2n) is 7.66. The van der Waals surface area contributed by atoms with Gasteiger partial charge in [0.15, 0.2) is 0 Å². The smallest absolute Gasteiger partial charge is 0.0974 e. The van der Waals surface area contributed by atoms with Crippen molar-refractivity contribution in [1.82, 2.24) is 9.97 Å². The Hall–Kier alpha value is -3.52. The number of benzene rings is 3. The molecule has 2 nitrogen and oxygen atoms in total. The third-order valence-electron chi connectivity index (χ3n) is 5.53. The van der Waals surface area contributed by atoms with Gasteiger partial charge < -0.3 is 0 Å². The molecule has 0 aliphatic heterocycles. The first kappa shape index (κ1) is 17.6. The average molecular weight is 374 g/mol. The number of rotatable bonds is 2. The highest BCUT2D eigenvalue weighted by atomic mass is 14.8. The van der Waals surface area contributed by atoms with E-state index in [-0.39, 0.29) is 0 Å². The fourth-order valence-corrected chi connectivity index (χ4v) is 4.19. The summed E-state index contributed by atoms with van der Waals surface area (Å²) in [5.41, 5.74) is 10.1. The molecule has 0 bridgehead atoms. The zero-order valence-electron chi connectivity index (χ0n) is 16.9. The lowest BCUT2D eigenvalue weighted by atomic mass is 9.94. The lowest BCUT2D eigenvalue weighted by Gasteiger charge is -2.14. The second-order valence-corrected chi connectivity index (χ2v) is 7.66. The maximum absolute atomic E-state index is 4.93. The van der Waals surface area contributed by atoms with E-state index < -0.39 is 0 Å². The van der Waals surface area contributed by atoms with Crippen LogP contribution in [0.25, 0.3) is 44.1 Å². The van der Waals surface area contributed by atoms with E-state index in [1.807, 2.05) is 0 Å². The van der Waals surface area contributed by atoms with Gasteiger partial charge in [0, 0.05) is 22.2 Å². The van der Waals surface area contributed by atoms with Crippen molar-refractivity contribution in [2.24, 2.45) is 0 Å². The molecule has 140 valence electrons. The number of pyridine rings is 2. The molecule has 5 aromatic rings. The molecular weight excluding hydrogens is 352 g/mol. The summed E-state index contributed by atoms with van der Waals surface area (Å²) in [5.74, 6) is 0. The van der Waals surface area contributed by atoms with E-state index in [1.165, 1.54) is 27.8 Å². The van der Waals surface area contributed by atoms with Crippen LogP contribution in [0.1, 0.15) is 17.0 Å². The van der Waals surface area contributed by atoms with Crippen LogP contribution in [0.2, 0.25) is 0 Å². The summed E-state index contributed by atoms with van der Waals surface area (Å²) in [6.07, 6.45) is 0. The molecule has 2 aromatic heterocycles. The van der Waals surface area contributed by atoms with Gasteiger partial charge in [0.05, 0.1) is 11.0 Å². The first-order valence-electron chi connectivity index (χ1n) is 9.95. The molecule has 0 unspecified atom stereocenters. The molecular formula is C27H22N2. The van der Waals surface area contributed by atoms with E-state index in [1.54, 1.807) is 0 Å². The third-order valence-corrected chi connectivity index (χ3v) is 5.53. The summed E-state index contributed by atoms with van der Waals surface area (Å²) >= 11 is 0. The van der Waals surface area contributed by atoms with Gasteiger partial charge in [-0.3, -0.25) is 9.97 Å². The number of hydrogen-bond acceptors (Lipinski definition) is 2. The van der Waals surface area contributed by atoms with Crippen molar-refractivity contribution >= 4 is 21.8 Å². The Morgan fingerprint density at radius 3 is 1.72 bits per heavy atom. The summed E-state index contributed by atoms with van der Waals surface area (Å²) in [7, 11) is 0. The van der Waals surface area contributed by atoms with E-state index in [2.05, 4.69) is 99.6 Å². The van der Waals surface area contributed by atoms with Crippen LogP contribution in [0.4, 0.5) is 0 Å². The lowest BCUT2D eigenvalue weighted by Crippen LogP contribution is -1.95. The zero-order valence-corrected chi connectivity index (χ0v) is 16.9. The number of hydrogen-bond donors (Lipinski definition) is 0. The van der Waals surface area contributed by atoms with Gasteiger partial charge >= 0.3 is 0 Å². The molecule has 5 rings (SSSR count). The lowest BCUT2D eigenvalue weighted by molar-refractivity contribution is 1.23. The van der Waals surface area contributed by atoms with Crippen LogP contribution in [0.5, 0.6) is 0 Å². The van der Waals surface area contributed by atoms with Crippen LogP contribution in [0.3, 0.4) is 0 Å². The molecule has 3 aromatic carbocycles. The van der Waals surface area contributed by atoms with Gasteiger partial charge in [-0.15, -0.1) is 0 Å². The van der Waals surface area contributed by atoms with Gasteiger partial charge in [-0.1, -0.05) is 66.7 Å². The molecule has 0 amide bonds. The van der Waals surface area contributed by atoms with Gasteiger partial charge in [0.2, 0.25) is 0 Å². The largest absolute Gasteiger partial charge is 0.251 e. The van der Waals surface area contributed by atoms with Crippen LogP contribution in [0.15, 0.2) is 78.9 Å². The van der Waals surface area contributed by atoms with Gasteiger partial charge in [0.25, 0.3) is 0 Å². The summed E-state index contributed by atoms with van der Waals surface area (Å²) in [4.78, 5) is 9.86. The number of nitrogens with zero attached hydrogens (tertiary/aromatic N) is 2. The van der Waals surface area contributed by atoms with E-state index >= 15 is 0 Å². The second kappa shape index (κ2) is 6.82. The van der Waals surface area contributed by atoms with E-state index in [0.717, 1.165) is 33.2 Å². The Balaban J connectivity index is 1.89. The molecule has 0 aliphatic carbocycles. The van der Waals surface area contributed by atoms with Gasteiger partial charge in [0.1, 0.15) is 0 Å². The molecule has 2 heteroatoms. The Bertz CT molecular complexity index is 1370. The molecule has 0 atom stereocenters. The minimum Gasteiger partial charge on any atom is -0.251 e. The van der Waals surface area contributed by atoms with Crippen molar-refractivity contribution in [3.8, 4) is 22.3 Å². The fraction of sp³-hybridized carbons (Fsp3) is 0.111. The summed E-state index contributed by atoms with van der Waals surface area (Å²) in [5, 5.41) is 2.29. The summed E-state index contributed by atoms with van der Waals surface area (Å²) < 4.78 is 0. The maximum Gasteiger partial charge on any atom is 0.0974 e. The molecule has 2 heterocycles. The molecule has 0 N–H and O–H groups in total. The quantitative estimate of drug-likeness (QED) is 0.310. The van der Waals surface area contributed by atoms with Crippen molar-refractivity contribution in [2.45, 2.75) is 20.8 Å². The van der Waals surface area contributed by atoms with Crippen molar-refractivity contribution in [1.29, 1.82) is 0 Å². The first-order chi connectivity index (χ1) is 14.1. The molecule has 29 heavy (non-hydrogen) atoms. The van der Waals surface area contributed by atoms with Crippen LogP contribution in [0, 0.1) is 20.8 Å². The highest BCUT2D eigenvalue weighted by Crippen LogP contribution is 2.36. The van der Waals surface area contributed by atoms with Crippen molar-refractivity contribution < 1.29 is 0 Å². The minimum absolute atomic E-state index is 0.972. The van der Waals surface area contributed by atoms with E-state index in [9.17, 15) is 0 Å². The van der Waals surface area contributed by atoms with Gasteiger partial charge in [-0.05, 0) is 60.7 Å². The highest BCUT2D eigenvalue weighted by molar-refractivity contribution is 6.12. The Kier molecular flexibility index (Phi) is 4.13. The van der Waals surface area contributed by atoms with Crippen LogP contribution in [-0.4, -0.2) is 9.97 Å². The molecule has 0 fully saturated rings. The Morgan fingerprint density at radius 2 is 1.07 bits per heavy atom. The van der Waals surface area contributed by atoms with Crippen molar-refractivity contribution in [3.63, 3.8) is 0 Å². The predicted octanol–water partition coefficient (Wildman–Crippen LogP) is 7.04. The van der Waals surface area contributed by atoms with Crippen molar-refractivity contribution in [2.75, 3.05) is 0 Å². The Morgan fingerprint density at radius 1 is 0.517 bits per heavy atom. The average Bonchev–Trinajstić information content (AvgIpc) is 2.73. The molecule has 0 radical (unpaired) electrons. The van der Waals surface area contributed by atoms with E-state index in [0.29, 0.717) is 0 Å². The third kappa shape index (κ3) is 2.98. The van der Waals surface area contributed by atoms with Gasteiger partial charge in [-0.25, -0.2) is 0 Å². The Labute approximate surface area is 170 Å². The normalized spacial score (nSPS) is 11.3. The standard InChI is InChI=1S/C27H22N2/c1-17-9-7-8-12-21(17)25-16-19(3)29-27-23(25)14-13-22-24(15-18(2)28-26(22)27)20-10-5-4-6-11-20/h4-16H,1-3H3. The first-order valence-corrected chi connectivity index (χ1v) is 9.95. The molecule has 0 saturated carbocycles. The monoisotopic (exact) mass is 374 g/mol. The number of aromatic nitrogens is 2.